The number of fused-ring (bicyclic) bond motifs is 1. The van der Waals surface area contributed by atoms with Crippen LogP contribution in [0.3, 0.4) is 0 Å². The van der Waals surface area contributed by atoms with Crippen molar-refractivity contribution in [1.82, 2.24) is 4.98 Å². The van der Waals surface area contributed by atoms with Gasteiger partial charge in [0.1, 0.15) is 0 Å². The van der Waals surface area contributed by atoms with Gasteiger partial charge in [0.25, 0.3) is 0 Å². The molecule has 0 saturated carbocycles. The van der Waals surface area contributed by atoms with E-state index in [9.17, 15) is 5.11 Å². The van der Waals surface area contributed by atoms with Crippen molar-refractivity contribution >= 4 is 10.8 Å². The van der Waals surface area contributed by atoms with Crippen molar-refractivity contribution in [3.63, 3.8) is 0 Å². The Morgan fingerprint density at radius 2 is 1.80 bits per heavy atom. The van der Waals surface area contributed by atoms with Gasteiger partial charge < -0.3 is 5.11 Å². The molecule has 0 amide bonds. The number of hydrogen-bond donors (Lipinski definition) is 1. The number of aryl methyl sites for hydroxylation is 1. The number of hydrogen-bond acceptors (Lipinski definition) is 2. The van der Waals surface area contributed by atoms with Crippen molar-refractivity contribution in [3.05, 3.63) is 77.6 Å². The zero-order valence-electron chi connectivity index (χ0n) is 11.5. The van der Waals surface area contributed by atoms with Gasteiger partial charge in [-0.15, -0.1) is 0 Å². The first kappa shape index (κ1) is 12.8. The molecule has 0 spiro atoms. The fourth-order valence-corrected chi connectivity index (χ4v) is 2.45. The molecule has 2 aromatic carbocycles. The number of benzene rings is 2. The van der Waals surface area contributed by atoms with Crippen molar-refractivity contribution < 1.29 is 5.11 Å². The highest BCUT2D eigenvalue weighted by molar-refractivity contribution is 5.83. The highest BCUT2D eigenvalue weighted by Gasteiger charge is 2.11. The molecule has 20 heavy (non-hydrogen) atoms. The summed E-state index contributed by atoms with van der Waals surface area (Å²) in [6.07, 6.45) is 1.80. The van der Waals surface area contributed by atoms with Gasteiger partial charge in [0, 0.05) is 18.3 Å². The molecular formula is C18H17NO. The van der Waals surface area contributed by atoms with Crippen LogP contribution in [0.1, 0.15) is 22.9 Å². The molecule has 0 aliphatic heterocycles. The Bertz CT molecular complexity index is 736. The third-order valence-corrected chi connectivity index (χ3v) is 3.66. The fourth-order valence-electron chi connectivity index (χ4n) is 2.45. The highest BCUT2D eigenvalue weighted by atomic mass is 16.3. The van der Waals surface area contributed by atoms with Crippen LogP contribution in [0.4, 0.5) is 0 Å². The van der Waals surface area contributed by atoms with Crippen LogP contribution in [0.2, 0.25) is 0 Å². The SMILES string of the molecule is Cc1cccnc1CC(O)c1ccc2ccccc2c1. The van der Waals surface area contributed by atoms with Gasteiger partial charge in [0.15, 0.2) is 0 Å². The topological polar surface area (TPSA) is 33.1 Å². The summed E-state index contributed by atoms with van der Waals surface area (Å²) in [6, 6.07) is 18.2. The third kappa shape index (κ3) is 2.56. The van der Waals surface area contributed by atoms with Gasteiger partial charge >= 0.3 is 0 Å². The van der Waals surface area contributed by atoms with Gasteiger partial charge in [-0.1, -0.05) is 42.5 Å². The van der Waals surface area contributed by atoms with Crippen LogP contribution in [0, 0.1) is 6.92 Å². The first-order valence-electron chi connectivity index (χ1n) is 6.81. The molecule has 0 fully saturated rings. The van der Waals surface area contributed by atoms with Crippen molar-refractivity contribution in [2.75, 3.05) is 0 Å². The molecule has 1 unspecified atom stereocenters. The van der Waals surface area contributed by atoms with E-state index in [2.05, 4.69) is 29.2 Å². The predicted octanol–water partition coefficient (Wildman–Crippen LogP) is 3.82. The maximum atomic E-state index is 10.4. The van der Waals surface area contributed by atoms with E-state index in [-0.39, 0.29) is 0 Å². The normalized spacial score (nSPS) is 12.5. The molecule has 0 saturated heterocycles. The maximum absolute atomic E-state index is 10.4. The minimum Gasteiger partial charge on any atom is -0.388 e. The summed E-state index contributed by atoms with van der Waals surface area (Å²) < 4.78 is 0. The molecule has 0 aliphatic rings. The largest absolute Gasteiger partial charge is 0.388 e. The lowest BCUT2D eigenvalue weighted by Crippen LogP contribution is -2.04. The lowest BCUT2D eigenvalue weighted by molar-refractivity contribution is 0.177. The number of aliphatic hydroxyl groups excluding tert-OH is 1. The molecule has 1 N–H and O–H groups in total. The van der Waals surface area contributed by atoms with Crippen LogP contribution in [-0.4, -0.2) is 10.1 Å². The van der Waals surface area contributed by atoms with Crippen LogP contribution >= 0.6 is 0 Å². The Morgan fingerprint density at radius 1 is 1.00 bits per heavy atom. The molecule has 2 heteroatoms. The van der Waals surface area contributed by atoms with Crippen molar-refractivity contribution in [2.45, 2.75) is 19.4 Å². The van der Waals surface area contributed by atoms with E-state index in [1.807, 2.05) is 37.3 Å². The molecule has 1 heterocycles. The second-order valence-electron chi connectivity index (χ2n) is 5.09. The van der Waals surface area contributed by atoms with E-state index < -0.39 is 6.10 Å². The molecule has 3 aromatic rings. The Hall–Kier alpha value is -2.19. The summed E-state index contributed by atoms with van der Waals surface area (Å²) in [6.45, 7) is 2.02. The van der Waals surface area contributed by atoms with Crippen molar-refractivity contribution in [1.29, 1.82) is 0 Å². The summed E-state index contributed by atoms with van der Waals surface area (Å²) in [4.78, 5) is 4.35. The average molecular weight is 263 g/mol. The van der Waals surface area contributed by atoms with Gasteiger partial charge in [-0.2, -0.15) is 0 Å². The number of nitrogens with zero attached hydrogens (tertiary/aromatic N) is 1. The number of aliphatic hydroxyl groups is 1. The van der Waals surface area contributed by atoms with Crippen molar-refractivity contribution in [3.8, 4) is 0 Å². The fraction of sp³-hybridized carbons (Fsp3) is 0.167. The van der Waals surface area contributed by atoms with Crippen LogP contribution in [0.25, 0.3) is 10.8 Å². The summed E-state index contributed by atoms with van der Waals surface area (Å²) >= 11 is 0. The van der Waals surface area contributed by atoms with Gasteiger partial charge in [-0.3, -0.25) is 4.98 Å². The van der Waals surface area contributed by atoms with E-state index >= 15 is 0 Å². The van der Waals surface area contributed by atoms with E-state index in [0.29, 0.717) is 6.42 Å². The van der Waals surface area contributed by atoms with E-state index in [0.717, 1.165) is 22.2 Å². The monoisotopic (exact) mass is 263 g/mol. The summed E-state index contributed by atoms with van der Waals surface area (Å²) in [5.41, 5.74) is 3.01. The first-order valence-corrected chi connectivity index (χ1v) is 6.81. The van der Waals surface area contributed by atoms with Crippen LogP contribution in [-0.2, 0) is 6.42 Å². The van der Waals surface area contributed by atoms with Gasteiger partial charge in [-0.25, -0.2) is 0 Å². The Kier molecular flexibility index (Phi) is 3.48. The highest BCUT2D eigenvalue weighted by Crippen LogP contribution is 2.23. The minimum absolute atomic E-state index is 0.520. The van der Waals surface area contributed by atoms with E-state index in [4.69, 9.17) is 0 Å². The molecule has 100 valence electrons. The summed E-state index contributed by atoms with van der Waals surface area (Å²) in [5, 5.41) is 12.8. The lowest BCUT2D eigenvalue weighted by Gasteiger charge is -2.13. The molecule has 3 rings (SSSR count). The zero-order chi connectivity index (χ0) is 13.9. The average Bonchev–Trinajstić information content (AvgIpc) is 2.49. The molecule has 1 atom stereocenters. The predicted molar refractivity (Wildman–Crippen MR) is 81.6 cm³/mol. The third-order valence-electron chi connectivity index (χ3n) is 3.66. The number of pyridine rings is 1. The summed E-state index contributed by atoms with van der Waals surface area (Å²) in [7, 11) is 0. The van der Waals surface area contributed by atoms with Crippen LogP contribution in [0.15, 0.2) is 60.8 Å². The van der Waals surface area contributed by atoms with Gasteiger partial charge in [0.2, 0.25) is 0 Å². The Morgan fingerprint density at radius 3 is 2.60 bits per heavy atom. The molecule has 2 nitrogen and oxygen atoms in total. The summed E-state index contributed by atoms with van der Waals surface area (Å²) in [5.74, 6) is 0. The van der Waals surface area contributed by atoms with Crippen LogP contribution in [0.5, 0.6) is 0 Å². The Balaban J connectivity index is 1.89. The van der Waals surface area contributed by atoms with Crippen molar-refractivity contribution in [2.24, 2.45) is 0 Å². The minimum atomic E-state index is -0.520. The molecule has 0 bridgehead atoms. The smallest absolute Gasteiger partial charge is 0.0845 e. The molecule has 0 aliphatic carbocycles. The first-order chi connectivity index (χ1) is 9.74. The second-order valence-corrected chi connectivity index (χ2v) is 5.09. The van der Waals surface area contributed by atoms with Gasteiger partial charge in [-0.05, 0) is 41.0 Å². The molecular weight excluding hydrogens is 246 g/mol. The van der Waals surface area contributed by atoms with E-state index in [1.165, 1.54) is 5.39 Å². The number of aromatic nitrogens is 1. The lowest BCUT2D eigenvalue weighted by atomic mass is 9.99. The maximum Gasteiger partial charge on any atom is 0.0845 e. The van der Waals surface area contributed by atoms with Crippen LogP contribution < -0.4 is 0 Å². The molecule has 0 radical (unpaired) electrons. The van der Waals surface area contributed by atoms with Gasteiger partial charge in [0.05, 0.1) is 6.10 Å². The quantitative estimate of drug-likeness (QED) is 0.779. The Labute approximate surface area is 118 Å². The van der Waals surface area contributed by atoms with E-state index in [1.54, 1.807) is 6.20 Å². The number of rotatable bonds is 3. The second kappa shape index (κ2) is 5.43. The zero-order valence-corrected chi connectivity index (χ0v) is 11.5. The molecule has 1 aromatic heterocycles. The standard InChI is InChI=1S/C18H17NO/c1-13-5-4-10-19-17(13)12-18(20)16-9-8-14-6-2-3-7-15(14)11-16/h2-11,18,20H,12H2,1H3.